The summed E-state index contributed by atoms with van der Waals surface area (Å²) in [7, 11) is 0. The Kier molecular flexibility index (Phi) is 5.23. The molecular weight excluding hydrogens is 234 g/mol. The standard InChI is InChI=1S/C14H22F2N2/c1-4-18(5-2)14(3,10-17)9-11-6-7-12(15)13(16)8-11/h6-8H,4-5,9-10,17H2,1-3H3. The van der Waals surface area contributed by atoms with Gasteiger partial charge < -0.3 is 5.73 Å². The normalized spacial score (nSPS) is 14.8. The van der Waals surface area contributed by atoms with Gasteiger partial charge in [0.15, 0.2) is 11.6 Å². The van der Waals surface area contributed by atoms with Crippen molar-refractivity contribution in [2.45, 2.75) is 32.7 Å². The van der Waals surface area contributed by atoms with Crippen molar-refractivity contribution < 1.29 is 8.78 Å². The molecule has 1 rings (SSSR count). The lowest BCUT2D eigenvalue weighted by Gasteiger charge is -2.39. The van der Waals surface area contributed by atoms with Crippen molar-refractivity contribution >= 4 is 0 Å². The van der Waals surface area contributed by atoms with Crippen molar-refractivity contribution in [3.8, 4) is 0 Å². The highest BCUT2D eigenvalue weighted by Gasteiger charge is 2.28. The summed E-state index contributed by atoms with van der Waals surface area (Å²) in [5, 5.41) is 0. The Labute approximate surface area is 108 Å². The van der Waals surface area contributed by atoms with E-state index in [0.717, 1.165) is 18.7 Å². The fourth-order valence-electron chi connectivity index (χ4n) is 2.39. The smallest absolute Gasteiger partial charge is 0.159 e. The SMILES string of the molecule is CCN(CC)C(C)(CN)Cc1ccc(F)c(F)c1. The minimum Gasteiger partial charge on any atom is -0.329 e. The maximum Gasteiger partial charge on any atom is 0.159 e. The van der Waals surface area contributed by atoms with Crippen LogP contribution in [-0.4, -0.2) is 30.1 Å². The Bertz CT molecular complexity index is 391. The van der Waals surface area contributed by atoms with Crippen LogP contribution in [0.3, 0.4) is 0 Å². The molecule has 1 atom stereocenters. The first-order valence-electron chi connectivity index (χ1n) is 6.36. The first-order valence-corrected chi connectivity index (χ1v) is 6.36. The predicted molar refractivity (Wildman–Crippen MR) is 70.4 cm³/mol. The van der Waals surface area contributed by atoms with E-state index in [1.807, 2.05) is 0 Å². The van der Waals surface area contributed by atoms with Gasteiger partial charge in [-0.15, -0.1) is 0 Å². The average molecular weight is 256 g/mol. The van der Waals surface area contributed by atoms with Crippen molar-refractivity contribution in [1.29, 1.82) is 0 Å². The third-order valence-corrected chi connectivity index (χ3v) is 3.54. The van der Waals surface area contributed by atoms with Crippen LogP contribution < -0.4 is 5.73 Å². The third-order valence-electron chi connectivity index (χ3n) is 3.54. The zero-order chi connectivity index (χ0) is 13.8. The molecule has 1 aromatic rings. The van der Waals surface area contributed by atoms with E-state index in [1.165, 1.54) is 12.1 Å². The highest BCUT2D eigenvalue weighted by atomic mass is 19.2. The summed E-state index contributed by atoms with van der Waals surface area (Å²) >= 11 is 0. The lowest BCUT2D eigenvalue weighted by atomic mass is 9.90. The number of likely N-dealkylation sites (N-methyl/N-ethyl adjacent to an activating group) is 1. The van der Waals surface area contributed by atoms with Crippen LogP contribution in [0.15, 0.2) is 18.2 Å². The Morgan fingerprint density at radius 2 is 1.78 bits per heavy atom. The van der Waals surface area contributed by atoms with E-state index < -0.39 is 11.6 Å². The van der Waals surface area contributed by atoms with E-state index in [9.17, 15) is 8.78 Å². The molecule has 2 nitrogen and oxygen atoms in total. The van der Waals surface area contributed by atoms with E-state index in [-0.39, 0.29) is 5.54 Å². The number of hydrogen-bond donors (Lipinski definition) is 1. The van der Waals surface area contributed by atoms with Gasteiger partial charge in [0.2, 0.25) is 0 Å². The molecule has 0 radical (unpaired) electrons. The zero-order valence-corrected chi connectivity index (χ0v) is 11.3. The molecule has 0 bridgehead atoms. The van der Waals surface area contributed by atoms with Crippen molar-refractivity contribution in [1.82, 2.24) is 4.90 Å². The number of halogens is 2. The molecule has 0 aromatic heterocycles. The van der Waals surface area contributed by atoms with Gasteiger partial charge in [0.25, 0.3) is 0 Å². The fraction of sp³-hybridized carbons (Fsp3) is 0.571. The second kappa shape index (κ2) is 6.25. The van der Waals surface area contributed by atoms with Gasteiger partial charge in [-0.1, -0.05) is 19.9 Å². The molecule has 18 heavy (non-hydrogen) atoms. The number of benzene rings is 1. The number of nitrogens with zero attached hydrogens (tertiary/aromatic N) is 1. The summed E-state index contributed by atoms with van der Waals surface area (Å²) in [5.74, 6) is -1.61. The molecule has 102 valence electrons. The predicted octanol–water partition coefficient (Wildman–Crippen LogP) is 2.57. The van der Waals surface area contributed by atoms with Crippen LogP contribution in [0.1, 0.15) is 26.3 Å². The van der Waals surface area contributed by atoms with Crippen LogP contribution in [0.5, 0.6) is 0 Å². The first kappa shape index (κ1) is 15.1. The molecule has 0 aliphatic carbocycles. The van der Waals surface area contributed by atoms with Crippen LogP contribution in [0.25, 0.3) is 0 Å². The molecule has 0 aliphatic rings. The van der Waals surface area contributed by atoms with Crippen molar-refractivity contribution in [2.24, 2.45) is 5.73 Å². The summed E-state index contributed by atoms with van der Waals surface area (Å²) in [6, 6.07) is 4.05. The van der Waals surface area contributed by atoms with Gasteiger partial charge >= 0.3 is 0 Å². The van der Waals surface area contributed by atoms with Crippen molar-refractivity contribution in [3.63, 3.8) is 0 Å². The van der Waals surface area contributed by atoms with Gasteiger partial charge in [-0.05, 0) is 44.1 Å². The minimum atomic E-state index is -0.809. The molecule has 0 heterocycles. The molecule has 0 spiro atoms. The topological polar surface area (TPSA) is 29.3 Å². The maximum atomic E-state index is 13.2. The second-order valence-corrected chi connectivity index (χ2v) is 4.80. The molecule has 0 amide bonds. The number of rotatable bonds is 6. The van der Waals surface area contributed by atoms with Gasteiger partial charge in [0.05, 0.1) is 0 Å². The van der Waals surface area contributed by atoms with E-state index >= 15 is 0 Å². The zero-order valence-electron chi connectivity index (χ0n) is 11.3. The highest BCUT2D eigenvalue weighted by molar-refractivity contribution is 5.20. The summed E-state index contributed by atoms with van der Waals surface area (Å²) < 4.78 is 26.1. The third kappa shape index (κ3) is 3.27. The summed E-state index contributed by atoms with van der Waals surface area (Å²) in [5.41, 5.74) is 6.41. The van der Waals surface area contributed by atoms with Crippen molar-refractivity contribution in [3.05, 3.63) is 35.4 Å². The minimum absolute atomic E-state index is 0.228. The Balaban J connectivity index is 2.94. The van der Waals surface area contributed by atoms with E-state index in [4.69, 9.17) is 5.73 Å². The summed E-state index contributed by atoms with van der Waals surface area (Å²) in [6.45, 7) is 8.45. The Morgan fingerprint density at radius 3 is 2.22 bits per heavy atom. The van der Waals surface area contributed by atoms with Crippen molar-refractivity contribution in [2.75, 3.05) is 19.6 Å². The molecule has 2 N–H and O–H groups in total. The molecule has 0 fully saturated rings. The molecule has 0 saturated heterocycles. The van der Waals surface area contributed by atoms with Gasteiger partial charge in [-0.25, -0.2) is 8.78 Å². The molecule has 0 saturated carbocycles. The van der Waals surface area contributed by atoms with E-state index in [1.54, 1.807) is 6.07 Å². The Morgan fingerprint density at radius 1 is 1.17 bits per heavy atom. The fourth-order valence-corrected chi connectivity index (χ4v) is 2.39. The number of hydrogen-bond acceptors (Lipinski definition) is 2. The average Bonchev–Trinajstić information content (AvgIpc) is 2.35. The number of nitrogens with two attached hydrogens (primary N) is 1. The molecule has 4 heteroatoms. The molecule has 1 aromatic carbocycles. The quantitative estimate of drug-likeness (QED) is 0.847. The molecular formula is C14H22F2N2. The van der Waals surface area contributed by atoms with Gasteiger partial charge in [-0.2, -0.15) is 0 Å². The molecule has 0 aliphatic heterocycles. The van der Waals surface area contributed by atoms with Gasteiger partial charge in [0.1, 0.15) is 0 Å². The Hall–Kier alpha value is -1.00. The summed E-state index contributed by atoms with van der Waals surface area (Å²) in [6.07, 6.45) is 0.613. The van der Waals surface area contributed by atoms with E-state index in [2.05, 4.69) is 25.7 Å². The lowest BCUT2D eigenvalue weighted by molar-refractivity contribution is 0.124. The van der Waals surface area contributed by atoms with Crippen LogP contribution >= 0.6 is 0 Å². The van der Waals surface area contributed by atoms with Crippen LogP contribution in [0.2, 0.25) is 0 Å². The largest absolute Gasteiger partial charge is 0.329 e. The monoisotopic (exact) mass is 256 g/mol. The highest BCUT2D eigenvalue weighted by Crippen LogP contribution is 2.21. The van der Waals surface area contributed by atoms with Crippen LogP contribution in [-0.2, 0) is 6.42 Å². The molecule has 1 unspecified atom stereocenters. The lowest BCUT2D eigenvalue weighted by Crippen LogP contribution is -2.53. The van der Waals surface area contributed by atoms with Gasteiger partial charge in [0, 0.05) is 12.1 Å². The summed E-state index contributed by atoms with van der Waals surface area (Å²) in [4.78, 5) is 2.24. The van der Waals surface area contributed by atoms with Gasteiger partial charge in [-0.3, -0.25) is 4.90 Å². The first-order chi connectivity index (χ1) is 8.46. The van der Waals surface area contributed by atoms with E-state index in [0.29, 0.717) is 13.0 Å². The van der Waals surface area contributed by atoms with Crippen LogP contribution in [0, 0.1) is 11.6 Å². The second-order valence-electron chi connectivity index (χ2n) is 4.80. The van der Waals surface area contributed by atoms with Crippen LogP contribution in [0.4, 0.5) is 8.78 Å². The maximum absolute atomic E-state index is 13.2.